The largest absolute Gasteiger partial charge is 0.375 e. The summed E-state index contributed by atoms with van der Waals surface area (Å²) < 4.78 is 5.70. The van der Waals surface area contributed by atoms with Crippen LogP contribution in [0.3, 0.4) is 0 Å². The lowest BCUT2D eigenvalue weighted by Gasteiger charge is -2.35. The van der Waals surface area contributed by atoms with Crippen LogP contribution in [-0.2, 0) is 16.0 Å². The second kappa shape index (κ2) is 9.26. The van der Waals surface area contributed by atoms with Gasteiger partial charge in [0.15, 0.2) is 0 Å². The van der Waals surface area contributed by atoms with Gasteiger partial charge in [-0.2, -0.15) is 0 Å². The molecule has 0 aliphatic carbocycles. The van der Waals surface area contributed by atoms with Crippen LogP contribution in [0.1, 0.15) is 32.3 Å². The Labute approximate surface area is 144 Å². The summed E-state index contributed by atoms with van der Waals surface area (Å²) in [5.41, 5.74) is 1.24. The van der Waals surface area contributed by atoms with E-state index in [2.05, 4.69) is 24.1 Å². The molecule has 1 fully saturated rings. The number of hydrogen-bond donors (Lipinski definition) is 1. The van der Waals surface area contributed by atoms with E-state index in [9.17, 15) is 4.79 Å². The summed E-state index contributed by atoms with van der Waals surface area (Å²) in [6.07, 6.45) is 2.34. The average Bonchev–Trinajstić information content (AvgIpc) is 2.53. The Hall–Kier alpha value is -1.10. The summed E-state index contributed by atoms with van der Waals surface area (Å²) in [4.78, 5) is 14.4. The maximum Gasteiger partial charge on any atom is 0.222 e. The fourth-order valence-corrected chi connectivity index (χ4v) is 2.91. The molecule has 5 heteroatoms. The zero-order chi connectivity index (χ0) is 16.7. The molecule has 1 aromatic carbocycles. The minimum atomic E-state index is 0.0161. The van der Waals surface area contributed by atoms with Gasteiger partial charge in [-0.3, -0.25) is 9.69 Å². The molecule has 2 rings (SSSR count). The van der Waals surface area contributed by atoms with E-state index in [-0.39, 0.29) is 12.0 Å². The summed E-state index contributed by atoms with van der Waals surface area (Å²) in [5.74, 6) is 0.0803. The molecule has 1 amide bonds. The Morgan fingerprint density at radius 2 is 2.13 bits per heavy atom. The number of morpholine rings is 1. The molecule has 128 valence electrons. The van der Waals surface area contributed by atoms with Crippen molar-refractivity contribution in [3.63, 3.8) is 0 Å². The van der Waals surface area contributed by atoms with Crippen LogP contribution in [0.15, 0.2) is 24.3 Å². The van der Waals surface area contributed by atoms with E-state index in [1.165, 1.54) is 5.56 Å². The molecule has 0 aromatic heterocycles. The summed E-state index contributed by atoms with van der Waals surface area (Å²) in [6, 6.07) is 8.36. The molecule has 1 aliphatic rings. The molecule has 23 heavy (non-hydrogen) atoms. The second-order valence-electron chi connectivity index (χ2n) is 6.37. The predicted octanol–water partition coefficient (Wildman–Crippen LogP) is 2.89. The number of halogens is 1. The maximum atomic E-state index is 12.0. The van der Waals surface area contributed by atoms with Crippen molar-refractivity contribution in [1.29, 1.82) is 0 Å². The number of aryl methyl sites for hydroxylation is 1. The standard InChI is InChI=1S/C18H27ClN2O2/c1-14(2)21-10-11-23-17(13-21)12-18(22)20-9-3-4-15-5-7-16(19)8-6-15/h5-8,14,17H,3-4,9-13H2,1-2H3,(H,20,22)/t17-/m0/s1. The first-order valence-corrected chi connectivity index (χ1v) is 8.79. The van der Waals surface area contributed by atoms with Crippen molar-refractivity contribution in [2.24, 2.45) is 0 Å². The molecule has 0 bridgehead atoms. The van der Waals surface area contributed by atoms with E-state index in [0.717, 1.165) is 31.0 Å². The maximum absolute atomic E-state index is 12.0. The number of benzene rings is 1. The average molecular weight is 339 g/mol. The number of hydrogen-bond acceptors (Lipinski definition) is 3. The lowest BCUT2D eigenvalue weighted by Crippen LogP contribution is -2.47. The molecule has 1 heterocycles. The highest BCUT2D eigenvalue weighted by Gasteiger charge is 2.24. The van der Waals surface area contributed by atoms with Crippen molar-refractivity contribution < 1.29 is 9.53 Å². The van der Waals surface area contributed by atoms with Crippen LogP contribution in [-0.4, -0.2) is 49.2 Å². The van der Waals surface area contributed by atoms with Crippen molar-refractivity contribution in [1.82, 2.24) is 10.2 Å². The molecule has 0 radical (unpaired) electrons. The van der Waals surface area contributed by atoms with Gasteiger partial charge in [-0.15, -0.1) is 0 Å². The van der Waals surface area contributed by atoms with Gasteiger partial charge in [0.05, 0.1) is 19.1 Å². The lowest BCUT2D eigenvalue weighted by atomic mass is 10.1. The third kappa shape index (κ3) is 6.50. The third-order valence-electron chi connectivity index (χ3n) is 4.19. The first-order valence-electron chi connectivity index (χ1n) is 8.41. The predicted molar refractivity (Wildman–Crippen MR) is 93.8 cm³/mol. The van der Waals surface area contributed by atoms with Crippen LogP contribution in [0.2, 0.25) is 5.02 Å². The number of nitrogens with one attached hydrogen (secondary N) is 1. The summed E-state index contributed by atoms with van der Waals surface area (Å²) in [6.45, 7) is 7.57. The smallest absolute Gasteiger partial charge is 0.222 e. The molecule has 1 aliphatic heterocycles. The Balaban J connectivity index is 1.62. The van der Waals surface area contributed by atoms with Gasteiger partial charge >= 0.3 is 0 Å². The van der Waals surface area contributed by atoms with E-state index in [0.29, 0.717) is 25.6 Å². The number of amides is 1. The van der Waals surface area contributed by atoms with E-state index in [1.54, 1.807) is 0 Å². The van der Waals surface area contributed by atoms with Crippen LogP contribution in [0.5, 0.6) is 0 Å². The van der Waals surface area contributed by atoms with Gasteiger partial charge in [0.25, 0.3) is 0 Å². The SMILES string of the molecule is CC(C)N1CCO[C@@H](CC(=O)NCCCc2ccc(Cl)cc2)C1. The van der Waals surface area contributed by atoms with Gasteiger partial charge in [-0.05, 0) is 44.4 Å². The molecule has 1 N–H and O–H groups in total. The Bertz CT molecular complexity index is 490. The molecular weight excluding hydrogens is 312 g/mol. The van der Waals surface area contributed by atoms with Crippen molar-refractivity contribution in [2.75, 3.05) is 26.2 Å². The van der Waals surface area contributed by atoms with Crippen molar-refractivity contribution in [3.05, 3.63) is 34.9 Å². The molecule has 1 saturated heterocycles. The third-order valence-corrected chi connectivity index (χ3v) is 4.44. The van der Waals surface area contributed by atoms with Crippen molar-refractivity contribution >= 4 is 17.5 Å². The van der Waals surface area contributed by atoms with E-state index in [1.807, 2.05) is 24.3 Å². The second-order valence-corrected chi connectivity index (χ2v) is 6.80. The van der Waals surface area contributed by atoms with E-state index < -0.39 is 0 Å². The van der Waals surface area contributed by atoms with Gasteiger partial charge in [0.1, 0.15) is 0 Å². The quantitative estimate of drug-likeness (QED) is 0.777. The highest BCUT2D eigenvalue weighted by atomic mass is 35.5. The first-order chi connectivity index (χ1) is 11.0. The number of carbonyl (C=O) groups excluding carboxylic acids is 1. The molecule has 0 unspecified atom stereocenters. The van der Waals surface area contributed by atoms with Crippen molar-refractivity contribution in [3.8, 4) is 0 Å². The van der Waals surface area contributed by atoms with Gasteiger partial charge in [0.2, 0.25) is 5.91 Å². The molecule has 0 spiro atoms. The molecule has 1 atom stereocenters. The van der Waals surface area contributed by atoms with Crippen LogP contribution >= 0.6 is 11.6 Å². The normalized spacial score (nSPS) is 19.0. The molecule has 0 saturated carbocycles. The number of rotatable bonds is 7. The fourth-order valence-electron chi connectivity index (χ4n) is 2.79. The number of ether oxygens (including phenoxy) is 1. The zero-order valence-corrected chi connectivity index (χ0v) is 14.8. The first kappa shape index (κ1) is 18.2. The number of nitrogens with zero attached hydrogens (tertiary/aromatic N) is 1. The van der Waals surface area contributed by atoms with Gasteiger partial charge in [-0.1, -0.05) is 23.7 Å². The van der Waals surface area contributed by atoms with Crippen LogP contribution in [0.4, 0.5) is 0 Å². The topological polar surface area (TPSA) is 41.6 Å². The minimum Gasteiger partial charge on any atom is -0.375 e. The van der Waals surface area contributed by atoms with Gasteiger partial charge < -0.3 is 10.1 Å². The van der Waals surface area contributed by atoms with Crippen LogP contribution in [0.25, 0.3) is 0 Å². The number of carbonyl (C=O) groups is 1. The monoisotopic (exact) mass is 338 g/mol. The molecule has 1 aromatic rings. The summed E-state index contributed by atoms with van der Waals surface area (Å²) >= 11 is 5.86. The highest BCUT2D eigenvalue weighted by molar-refractivity contribution is 6.30. The summed E-state index contributed by atoms with van der Waals surface area (Å²) in [7, 11) is 0. The molecule has 4 nitrogen and oxygen atoms in total. The van der Waals surface area contributed by atoms with Gasteiger partial charge in [-0.25, -0.2) is 0 Å². The van der Waals surface area contributed by atoms with Crippen LogP contribution < -0.4 is 5.32 Å². The van der Waals surface area contributed by atoms with E-state index >= 15 is 0 Å². The van der Waals surface area contributed by atoms with E-state index in [4.69, 9.17) is 16.3 Å². The molecular formula is C18H27ClN2O2. The Morgan fingerprint density at radius 1 is 1.39 bits per heavy atom. The highest BCUT2D eigenvalue weighted by Crippen LogP contribution is 2.12. The zero-order valence-electron chi connectivity index (χ0n) is 14.1. The fraction of sp³-hybridized carbons (Fsp3) is 0.611. The minimum absolute atomic E-state index is 0.0161. The Kier molecular flexibility index (Phi) is 7.34. The van der Waals surface area contributed by atoms with Crippen LogP contribution in [0, 0.1) is 0 Å². The Morgan fingerprint density at radius 3 is 2.83 bits per heavy atom. The van der Waals surface area contributed by atoms with Crippen molar-refractivity contribution in [2.45, 2.75) is 45.3 Å². The van der Waals surface area contributed by atoms with Gasteiger partial charge in [0, 0.05) is 30.7 Å². The summed E-state index contributed by atoms with van der Waals surface area (Å²) in [5, 5.41) is 3.75. The lowest BCUT2D eigenvalue weighted by molar-refractivity contribution is -0.126.